The molecular formula is C12H16ClNO3. The van der Waals surface area contributed by atoms with Gasteiger partial charge in [-0.3, -0.25) is 0 Å². The van der Waals surface area contributed by atoms with Gasteiger partial charge in [0.1, 0.15) is 0 Å². The lowest BCUT2D eigenvalue weighted by Gasteiger charge is -2.37. The summed E-state index contributed by atoms with van der Waals surface area (Å²) in [5, 5.41) is 19.3. The Balaban J connectivity index is 2.34. The lowest BCUT2D eigenvalue weighted by atomic mass is 10.1. The van der Waals surface area contributed by atoms with Gasteiger partial charge in [-0.05, 0) is 12.1 Å². The van der Waals surface area contributed by atoms with Gasteiger partial charge < -0.3 is 19.8 Å². The van der Waals surface area contributed by atoms with E-state index < -0.39 is 0 Å². The van der Waals surface area contributed by atoms with Crippen molar-refractivity contribution in [3.8, 4) is 0 Å². The number of morpholine rings is 1. The summed E-state index contributed by atoms with van der Waals surface area (Å²) in [5.74, 6) is 0. The predicted molar refractivity (Wildman–Crippen MR) is 66.4 cm³/mol. The molecule has 0 bridgehead atoms. The third-order valence-corrected chi connectivity index (χ3v) is 3.35. The maximum absolute atomic E-state index is 9.38. The van der Waals surface area contributed by atoms with Crippen molar-refractivity contribution < 1.29 is 14.9 Å². The van der Waals surface area contributed by atoms with E-state index in [1.165, 1.54) is 0 Å². The van der Waals surface area contributed by atoms with Crippen molar-refractivity contribution in [2.75, 3.05) is 31.3 Å². The van der Waals surface area contributed by atoms with E-state index in [1.807, 2.05) is 17.0 Å². The minimum absolute atomic E-state index is 0.0252. The topological polar surface area (TPSA) is 52.9 Å². The highest BCUT2D eigenvalue weighted by Crippen LogP contribution is 2.29. The van der Waals surface area contributed by atoms with E-state index in [2.05, 4.69) is 0 Å². The highest BCUT2D eigenvalue weighted by Gasteiger charge is 2.24. The van der Waals surface area contributed by atoms with Gasteiger partial charge in [-0.15, -0.1) is 0 Å². The fourth-order valence-electron chi connectivity index (χ4n) is 2.10. The van der Waals surface area contributed by atoms with E-state index in [0.717, 1.165) is 5.69 Å². The van der Waals surface area contributed by atoms with Crippen LogP contribution in [0.5, 0.6) is 0 Å². The smallest absolute Gasteiger partial charge is 0.0755 e. The Kier molecular flexibility index (Phi) is 4.23. The molecule has 0 saturated carbocycles. The van der Waals surface area contributed by atoms with Crippen molar-refractivity contribution >= 4 is 17.3 Å². The molecule has 4 nitrogen and oxygen atoms in total. The minimum atomic E-state index is -0.107. The van der Waals surface area contributed by atoms with Crippen molar-refractivity contribution in [3.05, 3.63) is 28.8 Å². The van der Waals surface area contributed by atoms with Gasteiger partial charge in [-0.1, -0.05) is 17.7 Å². The highest BCUT2D eigenvalue weighted by molar-refractivity contribution is 6.31. The van der Waals surface area contributed by atoms with E-state index in [9.17, 15) is 10.2 Å². The van der Waals surface area contributed by atoms with Crippen molar-refractivity contribution in [2.45, 2.75) is 12.6 Å². The molecule has 0 aromatic heterocycles. The molecule has 2 rings (SSSR count). The SMILES string of the molecule is OCc1c(Cl)cccc1N1CCOCC1CO. The Morgan fingerprint density at radius 2 is 2.24 bits per heavy atom. The summed E-state index contributed by atoms with van der Waals surface area (Å²) in [7, 11) is 0. The van der Waals surface area contributed by atoms with Crippen molar-refractivity contribution in [3.63, 3.8) is 0 Å². The molecule has 0 spiro atoms. The molecule has 1 aliphatic heterocycles. The molecule has 2 N–H and O–H groups in total. The van der Waals surface area contributed by atoms with Crippen LogP contribution in [0.25, 0.3) is 0 Å². The van der Waals surface area contributed by atoms with E-state index >= 15 is 0 Å². The molecule has 94 valence electrons. The van der Waals surface area contributed by atoms with Crippen LogP contribution < -0.4 is 4.90 Å². The fourth-order valence-corrected chi connectivity index (χ4v) is 2.33. The van der Waals surface area contributed by atoms with Crippen molar-refractivity contribution in [1.29, 1.82) is 0 Å². The molecule has 17 heavy (non-hydrogen) atoms. The molecule has 1 aromatic carbocycles. The van der Waals surface area contributed by atoms with E-state index in [1.54, 1.807) is 6.07 Å². The van der Waals surface area contributed by atoms with E-state index in [-0.39, 0.29) is 19.3 Å². The van der Waals surface area contributed by atoms with Crippen LogP contribution in [0.1, 0.15) is 5.56 Å². The molecular weight excluding hydrogens is 242 g/mol. The molecule has 0 aliphatic carbocycles. The number of benzene rings is 1. The monoisotopic (exact) mass is 257 g/mol. The van der Waals surface area contributed by atoms with Gasteiger partial charge in [0.05, 0.1) is 32.5 Å². The maximum Gasteiger partial charge on any atom is 0.0755 e. The fraction of sp³-hybridized carbons (Fsp3) is 0.500. The maximum atomic E-state index is 9.38. The first kappa shape index (κ1) is 12.6. The predicted octanol–water partition coefficient (Wildman–Crippen LogP) is 1.03. The normalized spacial score (nSPS) is 20.6. The average molecular weight is 258 g/mol. The Hall–Kier alpha value is -0.810. The van der Waals surface area contributed by atoms with Crippen LogP contribution in [-0.4, -0.2) is 42.6 Å². The van der Waals surface area contributed by atoms with Gasteiger partial charge in [-0.2, -0.15) is 0 Å². The summed E-state index contributed by atoms with van der Waals surface area (Å²) in [6, 6.07) is 5.43. The van der Waals surface area contributed by atoms with Gasteiger partial charge >= 0.3 is 0 Å². The van der Waals surface area contributed by atoms with Crippen LogP contribution in [0.15, 0.2) is 18.2 Å². The quantitative estimate of drug-likeness (QED) is 0.849. The van der Waals surface area contributed by atoms with E-state index in [4.69, 9.17) is 16.3 Å². The second-order valence-electron chi connectivity index (χ2n) is 4.00. The summed E-state index contributed by atoms with van der Waals surface area (Å²) in [4.78, 5) is 2.04. The number of hydrogen-bond donors (Lipinski definition) is 2. The van der Waals surface area contributed by atoms with Crippen LogP contribution in [0.3, 0.4) is 0 Å². The Labute approximate surface area is 105 Å². The molecule has 1 fully saturated rings. The summed E-state index contributed by atoms with van der Waals surface area (Å²) >= 11 is 6.06. The summed E-state index contributed by atoms with van der Waals surface area (Å²) < 4.78 is 5.33. The average Bonchev–Trinajstić information content (AvgIpc) is 2.38. The van der Waals surface area contributed by atoms with E-state index in [0.29, 0.717) is 30.3 Å². The zero-order chi connectivity index (χ0) is 12.3. The molecule has 1 atom stereocenters. The van der Waals surface area contributed by atoms with Crippen LogP contribution >= 0.6 is 11.6 Å². The molecule has 1 aliphatic rings. The second kappa shape index (κ2) is 5.69. The van der Waals surface area contributed by atoms with Crippen molar-refractivity contribution in [2.24, 2.45) is 0 Å². The third-order valence-electron chi connectivity index (χ3n) is 3.00. The lowest BCUT2D eigenvalue weighted by molar-refractivity contribution is 0.0725. The minimum Gasteiger partial charge on any atom is -0.394 e. The first-order chi connectivity index (χ1) is 8.27. The molecule has 1 saturated heterocycles. The summed E-state index contributed by atoms with van der Waals surface area (Å²) in [6.07, 6.45) is 0. The van der Waals surface area contributed by atoms with Gasteiger partial charge in [0.25, 0.3) is 0 Å². The molecule has 1 heterocycles. The van der Waals surface area contributed by atoms with Gasteiger partial charge in [0.2, 0.25) is 0 Å². The number of hydrogen-bond acceptors (Lipinski definition) is 4. The van der Waals surface area contributed by atoms with Crippen LogP contribution in [0.4, 0.5) is 5.69 Å². The largest absolute Gasteiger partial charge is 0.394 e. The summed E-state index contributed by atoms with van der Waals surface area (Å²) in [5.41, 5.74) is 1.58. The number of aliphatic hydroxyl groups is 2. The van der Waals surface area contributed by atoms with Crippen LogP contribution in [0.2, 0.25) is 5.02 Å². The lowest BCUT2D eigenvalue weighted by Crippen LogP contribution is -2.48. The molecule has 1 aromatic rings. The Morgan fingerprint density at radius 3 is 2.94 bits per heavy atom. The number of nitrogens with zero attached hydrogens (tertiary/aromatic N) is 1. The van der Waals surface area contributed by atoms with Crippen LogP contribution in [0, 0.1) is 0 Å². The van der Waals surface area contributed by atoms with Gasteiger partial charge in [-0.25, -0.2) is 0 Å². The third kappa shape index (κ3) is 2.55. The Morgan fingerprint density at radius 1 is 1.41 bits per heavy atom. The van der Waals surface area contributed by atoms with Gasteiger partial charge in [0.15, 0.2) is 0 Å². The summed E-state index contributed by atoms with van der Waals surface area (Å²) in [6.45, 7) is 1.72. The number of ether oxygens (including phenoxy) is 1. The number of anilines is 1. The first-order valence-electron chi connectivity index (χ1n) is 5.61. The molecule has 0 amide bonds. The first-order valence-corrected chi connectivity index (χ1v) is 5.99. The number of halogens is 1. The Bertz CT molecular complexity index is 386. The zero-order valence-corrected chi connectivity index (χ0v) is 10.2. The standard InChI is InChI=1S/C12H16ClNO3/c13-11-2-1-3-12(10(11)7-16)14-4-5-17-8-9(14)6-15/h1-3,9,15-16H,4-8H2. The van der Waals surface area contributed by atoms with Crippen molar-refractivity contribution in [1.82, 2.24) is 0 Å². The number of rotatable bonds is 3. The van der Waals surface area contributed by atoms with Crippen LogP contribution in [-0.2, 0) is 11.3 Å². The molecule has 0 radical (unpaired) electrons. The highest BCUT2D eigenvalue weighted by atomic mass is 35.5. The number of aliphatic hydroxyl groups excluding tert-OH is 2. The molecule has 5 heteroatoms. The zero-order valence-electron chi connectivity index (χ0n) is 9.47. The second-order valence-corrected chi connectivity index (χ2v) is 4.41. The molecule has 1 unspecified atom stereocenters. The van der Waals surface area contributed by atoms with Gasteiger partial charge in [0, 0.05) is 22.8 Å².